The number of nitrogens with zero attached hydrogens (tertiary/aromatic N) is 2. The van der Waals surface area contributed by atoms with Crippen molar-refractivity contribution in [2.24, 2.45) is 5.73 Å². The second kappa shape index (κ2) is 14.2. The number of hydrogen-bond acceptors (Lipinski definition) is 5. The zero-order valence-electron chi connectivity index (χ0n) is 23.7. The number of H-pyrrole nitrogens is 1. The Bertz CT molecular complexity index is 1630. The Hall–Kier alpha value is -4.05. The average Bonchev–Trinajstić information content (AvgIpc) is 3.38. The van der Waals surface area contributed by atoms with E-state index in [1.165, 1.54) is 4.57 Å². The molecule has 2 aromatic heterocycles. The van der Waals surface area contributed by atoms with Crippen molar-refractivity contribution in [3.05, 3.63) is 106 Å². The molecule has 6 N–H and O–H groups in total. The first-order chi connectivity index (χ1) is 20.2. The van der Waals surface area contributed by atoms with Crippen LogP contribution in [0.4, 0.5) is 4.39 Å². The lowest BCUT2D eigenvalue weighted by atomic mass is 10.0. The fraction of sp³-hybridized carbons (Fsp3) is 0.281. The van der Waals surface area contributed by atoms with Crippen molar-refractivity contribution < 1.29 is 4.39 Å². The highest BCUT2D eigenvalue weighted by atomic mass is 35.5. The highest BCUT2D eigenvalue weighted by molar-refractivity contribution is 6.31. The maximum absolute atomic E-state index is 15.1. The van der Waals surface area contributed by atoms with Crippen LogP contribution >= 0.6 is 11.6 Å². The lowest BCUT2D eigenvalue weighted by Crippen LogP contribution is -2.31. The number of benzene rings is 2. The molecule has 2 heterocycles. The minimum Gasteiger partial charge on any atom is -0.374 e. The van der Waals surface area contributed by atoms with Crippen LogP contribution in [-0.2, 0) is 13.0 Å². The normalized spacial score (nSPS) is 12.7. The number of amidine groups is 1. The predicted octanol–water partition coefficient (Wildman–Crippen LogP) is 5.63. The molecule has 4 rings (SSSR count). The van der Waals surface area contributed by atoms with Crippen LogP contribution in [-0.4, -0.2) is 39.0 Å². The van der Waals surface area contributed by atoms with Crippen molar-refractivity contribution in [2.75, 3.05) is 6.54 Å². The summed E-state index contributed by atoms with van der Waals surface area (Å²) in [5.74, 6) is -0.0941. The first kappa shape index (κ1) is 30.9. The van der Waals surface area contributed by atoms with E-state index in [9.17, 15) is 4.79 Å². The number of nitrogens with two attached hydrogens (primary N) is 1. The van der Waals surface area contributed by atoms with Crippen molar-refractivity contribution in [1.82, 2.24) is 25.2 Å². The summed E-state index contributed by atoms with van der Waals surface area (Å²) in [5.41, 5.74) is 9.26. The summed E-state index contributed by atoms with van der Waals surface area (Å²) >= 11 is 6.24. The molecule has 0 radical (unpaired) electrons. The minimum absolute atomic E-state index is 0.0360. The van der Waals surface area contributed by atoms with E-state index in [0.717, 1.165) is 30.4 Å². The van der Waals surface area contributed by atoms with Crippen molar-refractivity contribution in [3.8, 4) is 16.9 Å². The second-order valence-electron chi connectivity index (χ2n) is 10.3. The van der Waals surface area contributed by atoms with Crippen LogP contribution in [0.1, 0.15) is 37.3 Å². The van der Waals surface area contributed by atoms with E-state index in [-0.39, 0.29) is 17.1 Å². The topological polar surface area (TPSA) is 125 Å². The molecule has 0 saturated heterocycles. The standard InChI is InChI=1S/C32H37ClFN7O/c1-4-24(36)8-6-7-22-15-27(30(34)28(33)16-22)29-17-23-19-41(32(42)40-31(23)39-29)26-11-9-21(10-12-26)18-38-25(5-2)13-14-37-20(3)35/h4-5,9-12,15-17,19,24-25,38H,1-2,6-8,13-14,18,36H2,3H3,(H2,35,37)(H,39,40,42)/t24-,25-/m1/s1. The smallest absolute Gasteiger partial charge is 0.354 e. The quantitative estimate of drug-likeness (QED) is 0.0740. The van der Waals surface area contributed by atoms with Gasteiger partial charge < -0.3 is 21.4 Å². The predicted molar refractivity (Wildman–Crippen MR) is 170 cm³/mol. The molecular weight excluding hydrogens is 553 g/mol. The van der Waals surface area contributed by atoms with Gasteiger partial charge in [-0.15, -0.1) is 13.2 Å². The van der Waals surface area contributed by atoms with Crippen LogP contribution in [0.3, 0.4) is 0 Å². The van der Waals surface area contributed by atoms with Gasteiger partial charge in [-0.05, 0) is 74.1 Å². The third-order valence-corrected chi connectivity index (χ3v) is 7.38. The maximum atomic E-state index is 15.1. The summed E-state index contributed by atoms with van der Waals surface area (Å²) in [7, 11) is 0. The van der Waals surface area contributed by atoms with E-state index in [1.54, 1.807) is 37.4 Å². The molecule has 42 heavy (non-hydrogen) atoms. The van der Waals surface area contributed by atoms with Crippen LogP contribution < -0.4 is 22.1 Å². The van der Waals surface area contributed by atoms with Crippen molar-refractivity contribution in [2.45, 2.75) is 51.2 Å². The SMILES string of the molecule is C=C[C@@H](N)CCCc1cc(Cl)c(F)c(-c2cc3cn(-c4ccc(CN[C@H](C=C)CCNC(C)=N)cc4)c(=O)nc3[nH]2)c1. The Morgan fingerprint density at radius 1 is 1.19 bits per heavy atom. The lowest BCUT2D eigenvalue weighted by Gasteiger charge is -2.15. The van der Waals surface area contributed by atoms with Gasteiger partial charge in [-0.25, -0.2) is 9.18 Å². The van der Waals surface area contributed by atoms with Crippen molar-refractivity contribution in [3.63, 3.8) is 0 Å². The van der Waals surface area contributed by atoms with Gasteiger partial charge in [0.2, 0.25) is 0 Å². The highest BCUT2D eigenvalue weighted by Gasteiger charge is 2.16. The Morgan fingerprint density at radius 3 is 2.64 bits per heavy atom. The number of rotatable bonds is 14. The summed E-state index contributed by atoms with van der Waals surface area (Å²) in [6.07, 6.45) is 8.36. The van der Waals surface area contributed by atoms with Gasteiger partial charge in [-0.1, -0.05) is 35.9 Å². The van der Waals surface area contributed by atoms with Gasteiger partial charge in [-0.3, -0.25) is 9.98 Å². The van der Waals surface area contributed by atoms with Gasteiger partial charge in [0.15, 0.2) is 5.82 Å². The number of halogens is 2. The molecule has 0 aliphatic carbocycles. The van der Waals surface area contributed by atoms with E-state index >= 15 is 4.39 Å². The molecule has 0 unspecified atom stereocenters. The van der Waals surface area contributed by atoms with E-state index in [1.807, 2.05) is 30.3 Å². The summed E-state index contributed by atoms with van der Waals surface area (Å²) in [5, 5.41) is 14.6. The fourth-order valence-electron chi connectivity index (χ4n) is 4.71. The molecule has 0 spiro atoms. The average molecular weight is 590 g/mol. The highest BCUT2D eigenvalue weighted by Crippen LogP contribution is 2.31. The molecule has 2 aromatic carbocycles. The number of aromatic amines is 1. The zero-order valence-corrected chi connectivity index (χ0v) is 24.5. The van der Waals surface area contributed by atoms with Gasteiger partial charge >= 0.3 is 5.69 Å². The molecule has 0 bridgehead atoms. The molecule has 10 heteroatoms. The number of nitrogens with one attached hydrogen (secondary N) is 4. The van der Waals surface area contributed by atoms with Crippen LogP contribution in [0.2, 0.25) is 5.02 Å². The molecule has 4 aromatic rings. The van der Waals surface area contributed by atoms with E-state index in [4.69, 9.17) is 22.7 Å². The van der Waals surface area contributed by atoms with Crippen LogP contribution in [0.5, 0.6) is 0 Å². The van der Waals surface area contributed by atoms with Gasteiger partial charge in [0.25, 0.3) is 0 Å². The molecule has 0 amide bonds. The first-order valence-electron chi connectivity index (χ1n) is 13.9. The Labute approximate surface area is 250 Å². The third-order valence-electron chi connectivity index (χ3n) is 7.10. The molecule has 0 saturated carbocycles. The molecule has 0 fully saturated rings. The van der Waals surface area contributed by atoms with Gasteiger partial charge in [0.1, 0.15) is 5.65 Å². The van der Waals surface area contributed by atoms with Gasteiger partial charge in [0.05, 0.1) is 22.2 Å². The number of aromatic nitrogens is 3. The number of aryl methyl sites for hydroxylation is 1. The summed E-state index contributed by atoms with van der Waals surface area (Å²) < 4.78 is 16.6. The third kappa shape index (κ3) is 7.82. The molecule has 220 valence electrons. The summed E-state index contributed by atoms with van der Waals surface area (Å²) in [6, 6.07) is 12.8. The molecule has 8 nitrogen and oxygen atoms in total. The fourth-order valence-corrected chi connectivity index (χ4v) is 4.95. The Balaban J connectivity index is 1.51. The van der Waals surface area contributed by atoms with Crippen LogP contribution in [0.25, 0.3) is 28.0 Å². The van der Waals surface area contributed by atoms with Crippen molar-refractivity contribution in [1.29, 1.82) is 5.41 Å². The second-order valence-corrected chi connectivity index (χ2v) is 10.7. The number of fused-ring (bicyclic) bond motifs is 1. The summed E-state index contributed by atoms with van der Waals surface area (Å²) in [6.45, 7) is 10.6. The van der Waals surface area contributed by atoms with E-state index in [2.05, 4.69) is 33.8 Å². The maximum Gasteiger partial charge on any atom is 0.354 e. The van der Waals surface area contributed by atoms with E-state index in [0.29, 0.717) is 53.3 Å². The minimum atomic E-state index is -0.533. The molecule has 0 aliphatic rings. The largest absolute Gasteiger partial charge is 0.374 e. The first-order valence-corrected chi connectivity index (χ1v) is 14.3. The van der Waals surface area contributed by atoms with Gasteiger partial charge in [0, 0.05) is 42.3 Å². The molecule has 2 atom stereocenters. The van der Waals surface area contributed by atoms with Crippen LogP contribution in [0, 0.1) is 11.2 Å². The van der Waals surface area contributed by atoms with Crippen LogP contribution in [0.15, 0.2) is 78.8 Å². The molecular formula is C32H37ClFN7O. The van der Waals surface area contributed by atoms with Gasteiger partial charge in [-0.2, -0.15) is 4.98 Å². The Kier molecular flexibility index (Phi) is 10.5. The lowest BCUT2D eigenvalue weighted by molar-refractivity contribution is 0.551. The summed E-state index contributed by atoms with van der Waals surface area (Å²) in [4.78, 5) is 20.2. The number of hydrogen-bond donors (Lipinski definition) is 5. The van der Waals surface area contributed by atoms with Crippen molar-refractivity contribution >= 4 is 28.5 Å². The van der Waals surface area contributed by atoms with E-state index < -0.39 is 11.5 Å². The molecule has 0 aliphatic heterocycles. The zero-order chi connectivity index (χ0) is 30.2. The monoisotopic (exact) mass is 589 g/mol. The Morgan fingerprint density at radius 2 is 1.95 bits per heavy atom.